The second-order valence-electron chi connectivity index (χ2n) is 2.27. The van der Waals surface area contributed by atoms with E-state index in [1.165, 1.54) is 0 Å². The molecule has 66 valence electrons. The van der Waals surface area contributed by atoms with E-state index in [2.05, 4.69) is 5.32 Å². The van der Waals surface area contributed by atoms with Crippen molar-refractivity contribution >= 4 is 11.6 Å². The minimum Gasteiger partial charge on any atom is -0.326 e. The van der Waals surface area contributed by atoms with Crippen molar-refractivity contribution in [2.24, 2.45) is 0 Å². The first-order valence-electron chi connectivity index (χ1n) is 3.68. The molecule has 1 aromatic carbocycles. The zero-order valence-electron chi connectivity index (χ0n) is 6.91. The fraction of sp³-hybridized carbons (Fsp3) is 0.222. The number of hydrogen-bond donors (Lipinski definition) is 1. The van der Waals surface area contributed by atoms with E-state index in [4.69, 9.17) is 0 Å². The summed E-state index contributed by atoms with van der Waals surface area (Å²) in [6.45, 7) is 1.83. The number of anilines is 1. The molecule has 0 atom stereocenters. The lowest BCUT2D eigenvalue weighted by Gasteiger charge is -2.00. The Morgan fingerprint density at radius 3 is 2.42 bits per heavy atom. The normalized spacial score (nSPS) is 8.42. The van der Waals surface area contributed by atoms with Gasteiger partial charge in [0.2, 0.25) is 5.91 Å². The Balaban J connectivity index is 0.00000121. The molecule has 0 aliphatic heterocycles. The number of carbonyl (C=O) groups is 1. The van der Waals surface area contributed by atoms with Crippen LogP contribution in [-0.2, 0) is 4.79 Å². The highest BCUT2D eigenvalue weighted by Gasteiger charge is 1.95. The molecule has 1 amide bonds. The van der Waals surface area contributed by atoms with Crippen molar-refractivity contribution in [3.05, 3.63) is 30.3 Å². The van der Waals surface area contributed by atoms with Crippen LogP contribution in [0.1, 0.15) is 13.3 Å². The predicted octanol–water partition coefficient (Wildman–Crippen LogP) is 2.19. The number of para-hydroxylation sites is 1. The number of nitrogens with one attached hydrogen (secondary N) is 1. The topological polar surface area (TPSA) is 29.1 Å². The molecule has 0 radical (unpaired) electrons. The summed E-state index contributed by atoms with van der Waals surface area (Å²) in [6.07, 6.45) is 0.523. The van der Waals surface area contributed by atoms with Crippen LogP contribution in [0.4, 0.5) is 10.4 Å². The molecule has 0 fully saturated rings. The molecule has 1 rings (SSSR count). The second kappa shape index (κ2) is 5.29. The van der Waals surface area contributed by atoms with Crippen molar-refractivity contribution in [1.82, 2.24) is 0 Å². The monoisotopic (exact) mass is 169 g/mol. The van der Waals surface area contributed by atoms with Crippen LogP contribution in [0.25, 0.3) is 0 Å². The van der Waals surface area contributed by atoms with E-state index in [0.717, 1.165) is 5.69 Å². The summed E-state index contributed by atoms with van der Waals surface area (Å²) >= 11 is 0. The number of hydrogen-bond acceptors (Lipinski definition) is 1. The van der Waals surface area contributed by atoms with Gasteiger partial charge >= 0.3 is 0 Å². The second-order valence-corrected chi connectivity index (χ2v) is 2.27. The van der Waals surface area contributed by atoms with Gasteiger partial charge in [-0.15, -0.1) is 0 Å². The summed E-state index contributed by atoms with van der Waals surface area (Å²) in [5, 5.41) is 2.75. The van der Waals surface area contributed by atoms with Crippen LogP contribution >= 0.6 is 0 Å². The molecule has 1 aromatic rings. The van der Waals surface area contributed by atoms with Crippen LogP contribution in [0, 0.1) is 0 Å². The average Bonchev–Trinajstić information content (AvgIpc) is 2.06. The highest BCUT2D eigenvalue weighted by Crippen LogP contribution is 2.04. The molecular formula is C9H12FNO. The molecule has 0 heterocycles. The number of benzene rings is 1. The standard InChI is InChI=1S/C9H11NO.FH/c1-2-9(11)10-8-6-4-3-5-7-8;/h3-7H,2H2,1H3,(H,10,11);1H. The van der Waals surface area contributed by atoms with Gasteiger partial charge in [0.15, 0.2) is 0 Å². The summed E-state index contributed by atoms with van der Waals surface area (Å²) in [5.41, 5.74) is 0.861. The maximum Gasteiger partial charge on any atom is 0.224 e. The van der Waals surface area contributed by atoms with Gasteiger partial charge in [-0.25, -0.2) is 0 Å². The zero-order valence-corrected chi connectivity index (χ0v) is 6.91. The van der Waals surface area contributed by atoms with Crippen LogP contribution in [-0.4, -0.2) is 5.91 Å². The maximum atomic E-state index is 10.9. The van der Waals surface area contributed by atoms with Gasteiger partial charge in [-0.1, -0.05) is 25.1 Å². The Kier molecular flexibility index (Phi) is 4.69. The highest BCUT2D eigenvalue weighted by atomic mass is 19.0. The molecule has 1 N–H and O–H groups in total. The fourth-order valence-electron chi connectivity index (χ4n) is 0.771. The van der Waals surface area contributed by atoms with E-state index < -0.39 is 0 Å². The van der Waals surface area contributed by atoms with Crippen LogP contribution in [0.5, 0.6) is 0 Å². The van der Waals surface area contributed by atoms with Crippen molar-refractivity contribution < 1.29 is 9.50 Å². The summed E-state index contributed by atoms with van der Waals surface area (Å²) < 4.78 is 0. The first kappa shape index (κ1) is 10.6. The Hall–Kier alpha value is -1.38. The Morgan fingerprint density at radius 2 is 1.92 bits per heavy atom. The zero-order chi connectivity index (χ0) is 8.10. The number of rotatable bonds is 2. The smallest absolute Gasteiger partial charge is 0.224 e. The largest absolute Gasteiger partial charge is 0.326 e. The average molecular weight is 169 g/mol. The SMILES string of the molecule is CCC(=O)Nc1ccccc1.F. The van der Waals surface area contributed by atoms with E-state index >= 15 is 0 Å². The molecule has 0 saturated heterocycles. The summed E-state index contributed by atoms with van der Waals surface area (Å²) in [4.78, 5) is 10.9. The maximum absolute atomic E-state index is 10.9. The lowest BCUT2D eigenvalue weighted by molar-refractivity contribution is -0.115. The van der Waals surface area contributed by atoms with Gasteiger partial charge < -0.3 is 5.32 Å². The van der Waals surface area contributed by atoms with Gasteiger partial charge in [-0.2, -0.15) is 0 Å². The first-order chi connectivity index (χ1) is 5.33. The van der Waals surface area contributed by atoms with Gasteiger partial charge in [0.1, 0.15) is 0 Å². The van der Waals surface area contributed by atoms with E-state index in [0.29, 0.717) is 6.42 Å². The molecule has 0 aliphatic carbocycles. The summed E-state index contributed by atoms with van der Waals surface area (Å²) in [5.74, 6) is 0.0520. The predicted molar refractivity (Wildman–Crippen MR) is 47.9 cm³/mol. The summed E-state index contributed by atoms with van der Waals surface area (Å²) in [7, 11) is 0. The Morgan fingerprint density at radius 1 is 1.33 bits per heavy atom. The van der Waals surface area contributed by atoms with E-state index in [-0.39, 0.29) is 10.6 Å². The van der Waals surface area contributed by atoms with E-state index in [9.17, 15) is 4.79 Å². The first-order valence-corrected chi connectivity index (χ1v) is 3.68. The quantitative estimate of drug-likeness (QED) is 0.722. The van der Waals surface area contributed by atoms with Crippen LogP contribution in [0.15, 0.2) is 30.3 Å². The van der Waals surface area contributed by atoms with Crippen molar-refractivity contribution in [3.8, 4) is 0 Å². The summed E-state index contributed by atoms with van der Waals surface area (Å²) in [6, 6.07) is 9.44. The Labute approximate surface area is 71.0 Å². The third kappa shape index (κ3) is 3.14. The molecule has 2 nitrogen and oxygen atoms in total. The highest BCUT2D eigenvalue weighted by molar-refractivity contribution is 5.90. The molecule has 0 bridgehead atoms. The number of amides is 1. The van der Waals surface area contributed by atoms with Crippen LogP contribution in [0.2, 0.25) is 0 Å². The lowest BCUT2D eigenvalue weighted by atomic mass is 10.3. The van der Waals surface area contributed by atoms with Gasteiger partial charge in [0.25, 0.3) is 0 Å². The molecule has 0 saturated carbocycles. The fourth-order valence-corrected chi connectivity index (χ4v) is 0.771. The number of carbonyl (C=O) groups excluding carboxylic acids is 1. The van der Waals surface area contributed by atoms with E-state index in [1.54, 1.807) is 0 Å². The van der Waals surface area contributed by atoms with E-state index in [1.807, 2.05) is 37.3 Å². The minimum absolute atomic E-state index is 0. The number of halogens is 1. The third-order valence-electron chi connectivity index (χ3n) is 1.38. The van der Waals surface area contributed by atoms with Gasteiger partial charge in [-0.3, -0.25) is 9.50 Å². The van der Waals surface area contributed by atoms with Gasteiger partial charge in [0.05, 0.1) is 0 Å². The molecule has 0 aromatic heterocycles. The molecule has 0 spiro atoms. The minimum atomic E-state index is 0. The van der Waals surface area contributed by atoms with Crippen molar-refractivity contribution in [3.63, 3.8) is 0 Å². The third-order valence-corrected chi connectivity index (χ3v) is 1.38. The molecule has 12 heavy (non-hydrogen) atoms. The molecule has 0 aliphatic rings. The van der Waals surface area contributed by atoms with Crippen molar-refractivity contribution in [2.45, 2.75) is 13.3 Å². The molecule has 3 heteroatoms. The van der Waals surface area contributed by atoms with Gasteiger partial charge in [-0.05, 0) is 12.1 Å². The van der Waals surface area contributed by atoms with Crippen LogP contribution < -0.4 is 5.32 Å². The van der Waals surface area contributed by atoms with Crippen LogP contribution in [0.3, 0.4) is 0 Å². The van der Waals surface area contributed by atoms with Crippen molar-refractivity contribution in [1.29, 1.82) is 0 Å². The van der Waals surface area contributed by atoms with Crippen molar-refractivity contribution in [2.75, 3.05) is 5.32 Å². The Bertz CT molecular complexity index is 236. The molecule has 0 unspecified atom stereocenters. The lowest BCUT2D eigenvalue weighted by Crippen LogP contribution is -2.08. The molecular weight excluding hydrogens is 157 g/mol. The van der Waals surface area contributed by atoms with Gasteiger partial charge in [0, 0.05) is 12.1 Å².